The first-order valence-electron chi connectivity index (χ1n) is 8.36. The van der Waals surface area contributed by atoms with Gasteiger partial charge in [0.15, 0.2) is 11.5 Å². The highest BCUT2D eigenvalue weighted by Gasteiger charge is 2.53. The topological polar surface area (TPSA) is 68.2 Å². The summed E-state index contributed by atoms with van der Waals surface area (Å²) in [5.41, 5.74) is 0.464. The number of likely N-dealkylation sites (tertiary alicyclic amines) is 1. The van der Waals surface area contributed by atoms with Crippen LogP contribution in [-0.4, -0.2) is 62.5 Å². The first-order chi connectivity index (χ1) is 11.5. The number of benzene rings is 1. The van der Waals surface area contributed by atoms with E-state index in [0.717, 1.165) is 23.6 Å². The number of aryl methyl sites for hydroxylation is 1. The lowest BCUT2D eigenvalue weighted by Crippen LogP contribution is -2.44. The Morgan fingerprint density at radius 3 is 3.00 bits per heavy atom. The van der Waals surface area contributed by atoms with Crippen molar-refractivity contribution in [3.05, 3.63) is 23.8 Å². The Kier molecular flexibility index (Phi) is 4.96. The Morgan fingerprint density at radius 2 is 2.29 bits per heavy atom. The molecule has 3 rings (SSSR count). The number of methoxy groups -OCH3 is 1. The minimum Gasteiger partial charge on any atom is -0.493 e. The number of hydrogen-bond acceptors (Lipinski definition) is 5. The minimum absolute atomic E-state index is 0.0673. The van der Waals surface area contributed by atoms with Gasteiger partial charge in [0, 0.05) is 32.2 Å². The van der Waals surface area contributed by atoms with Gasteiger partial charge in [0.25, 0.3) is 0 Å². The fraction of sp³-hybridized carbons (Fsp3) is 0.611. The fourth-order valence-electron chi connectivity index (χ4n) is 3.75. The van der Waals surface area contributed by atoms with Crippen LogP contribution in [0.2, 0.25) is 0 Å². The summed E-state index contributed by atoms with van der Waals surface area (Å²) in [6, 6.07) is 5.83. The summed E-state index contributed by atoms with van der Waals surface area (Å²) >= 11 is 0. The fourth-order valence-corrected chi connectivity index (χ4v) is 3.75. The van der Waals surface area contributed by atoms with Crippen molar-refractivity contribution >= 4 is 5.97 Å². The lowest BCUT2D eigenvalue weighted by Gasteiger charge is -2.34. The van der Waals surface area contributed by atoms with Gasteiger partial charge in [-0.05, 0) is 31.0 Å². The van der Waals surface area contributed by atoms with Gasteiger partial charge < -0.3 is 19.3 Å². The molecular formula is C18H25NO5. The van der Waals surface area contributed by atoms with Gasteiger partial charge in [-0.15, -0.1) is 0 Å². The second-order valence-corrected chi connectivity index (χ2v) is 6.72. The van der Waals surface area contributed by atoms with Crippen LogP contribution in [0.1, 0.15) is 12.0 Å². The molecule has 6 heteroatoms. The molecule has 2 atom stereocenters. The molecule has 2 aliphatic heterocycles. The standard InChI is InChI=1S/C18H25NO5/c1-13-3-4-15(16(9-13)22-2)24-8-6-19-10-14-11-23-7-5-18(14,12-19)17(20)21/h3-4,9,14H,5-8,10-12H2,1-2H3,(H,20,21)/t14-,18+/m1/s1. The number of fused-ring (bicyclic) bond motifs is 1. The van der Waals surface area contributed by atoms with Crippen molar-refractivity contribution in [1.29, 1.82) is 0 Å². The van der Waals surface area contributed by atoms with Gasteiger partial charge in [-0.1, -0.05) is 6.07 Å². The zero-order chi connectivity index (χ0) is 17.2. The van der Waals surface area contributed by atoms with Crippen molar-refractivity contribution in [3.63, 3.8) is 0 Å². The summed E-state index contributed by atoms with van der Waals surface area (Å²) < 4.78 is 16.7. The van der Waals surface area contributed by atoms with Crippen molar-refractivity contribution in [1.82, 2.24) is 4.90 Å². The van der Waals surface area contributed by atoms with Gasteiger partial charge in [-0.3, -0.25) is 9.69 Å². The van der Waals surface area contributed by atoms with E-state index in [1.54, 1.807) is 7.11 Å². The third-order valence-corrected chi connectivity index (χ3v) is 5.19. The Hall–Kier alpha value is -1.79. The molecule has 1 N–H and O–H groups in total. The number of aliphatic carboxylic acids is 1. The third kappa shape index (κ3) is 3.21. The SMILES string of the molecule is COc1cc(C)ccc1OCCN1C[C@@H]2COCC[C@]2(C(=O)O)C1. The molecule has 2 saturated heterocycles. The summed E-state index contributed by atoms with van der Waals surface area (Å²) in [6.45, 7) is 5.60. The van der Waals surface area contributed by atoms with Crippen molar-refractivity contribution in [2.75, 3.05) is 46.6 Å². The number of ether oxygens (including phenoxy) is 3. The molecule has 2 aliphatic rings. The van der Waals surface area contributed by atoms with Crippen molar-refractivity contribution < 1.29 is 24.1 Å². The Balaban J connectivity index is 1.57. The lowest BCUT2D eigenvalue weighted by molar-refractivity contribution is -0.157. The molecule has 1 aromatic carbocycles. The quantitative estimate of drug-likeness (QED) is 0.855. The maximum absolute atomic E-state index is 11.8. The predicted molar refractivity (Wildman–Crippen MR) is 88.7 cm³/mol. The molecule has 24 heavy (non-hydrogen) atoms. The van der Waals surface area contributed by atoms with E-state index in [2.05, 4.69) is 4.90 Å². The normalized spacial score (nSPS) is 26.8. The van der Waals surface area contributed by atoms with Gasteiger partial charge in [-0.2, -0.15) is 0 Å². The van der Waals surface area contributed by atoms with Crippen LogP contribution in [0, 0.1) is 18.3 Å². The first kappa shape index (κ1) is 17.0. The average Bonchev–Trinajstić information content (AvgIpc) is 2.96. The van der Waals surface area contributed by atoms with E-state index in [-0.39, 0.29) is 5.92 Å². The number of hydrogen-bond donors (Lipinski definition) is 1. The number of rotatable bonds is 6. The lowest BCUT2D eigenvalue weighted by atomic mass is 9.74. The molecule has 0 aromatic heterocycles. The van der Waals surface area contributed by atoms with Crippen LogP contribution in [0.3, 0.4) is 0 Å². The zero-order valence-electron chi connectivity index (χ0n) is 14.3. The van der Waals surface area contributed by atoms with Crippen LogP contribution < -0.4 is 9.47 Å². The zero-order valence-corrected chi connectivity index (χ0v) is 14.3. The molecule has 1 aromatic rings. The number of nitrogens with zero attached hydrogens (tertiary/aromatic N) is 1. The summed E-state index contributed by atoms with van der Waals surface area (Å²) in [7, 11) is 1.63. The third-order valence-electron chi connectivity index (χ3n) is 5.19. The molecule has 0 bridgehead atoms. The highest BCUT2D eigenvalue weighted by atomic mass is 16.5. The highest BCUT2D eigenvalue weighted by molar-refractivity contribution is 5.76. The van der Waals surface area contributed by atoms with E-state index in [1.807, 2.05) is 25.1 Å². The molecule has 6 nitrogen and oxygen atoms in total. The van der Waals surface area contributed by atoms with Crippen LogP contribution in [0.25, 0.3) is 0 Å². The summed E-state index contributed by atoms with van der Waals surface area (Å²) in [5.74, 6) is 0.813. The van der Waals surface area contributed by atoms with Crippen molar-refractivity contribution in [3.8, 4) is 11.5 Å². The van der Waals surface area contributed by atoms with Crippen molar-refractivity contribution in [2.45, 2.75) is 13.3 Å². The van der Waals surface area contributed by atoms with E-state index in [4.69, 9.17) is 14.2 Å². The largest absolute Gasteiger partial charge is 0.493 e. The first-order valence-corrected chi connectivity index (χ1v) is 8.36. The van der Waals surface area contributed by atoms with Gasteiger partial charge >= 0.3 is 5.97 Å². The van der Waals surface area contributed by atoms with Crippen LogP contribution >= 0.6 is 0 Å². The van der Waals surface area contributed by atoms with E-state index >= 15 is 0 Å². The van der Waals surface area contributed by atoms with Crippen molar-refractivity contribution in [2.24, 2.45) is 11.3 Å². The molecule has 2 heterocycles. The molecule has 0 amide bonds. The second-order valence-electron chi connectivity index (χ2n) is 6.72. The Morgan fingerprint density at radius 1 is 1.46 bits per heavy atom. The number of carboxylic acid groups (broad SMARTS) is 1. The van der Waals surface area contributed by atoms with E-state index in [9.17, 15) is 9.90 Å². The molecule has 0 spiro atoms. The number of carbonyl (C=O) groups is 1. The maximum atomic E-state index is 11.8. The van der Waals surface area contributed by atoms with E-state index in [1.165, 1.54) is 0 Å². The molecule has 0 radical (unpaired) electrons. The Labute approximate surface area is 142 Å². The van der Waals surface area contributed by atoms with Gasteiger partial charge in [0.1, 0.15) is 6.61 Å². The summed E-state index contributed by atoms with van der Waals surface area (Å²) in [4.78, 5) is 14.0. The van der Waals surface area contributed by atoms with Crippen LogP contribution in [-0.2, 0) is 9.53 Å². The number of carboxylic acids is 1. The molecule has 132 valence electrons. The van der Waals surface area contributed by atoms with Crippen LogP contribution in [0.4, 0.5) is 0 Å². The smallest absolute Gasteiger partial charge is 0.311 e. The van der Waals surface area contributed by atoms with Crippen LogP contribution in [0.15, 0.2) is 18.2 Å². The van der Waals surface area contributed by atoms with Gasteiger partial charge in [0.05, 0.1) is 19.1 Å². The molecule has 0 aliphatic carbocycles. The molecule has 2 fully saturated rings. The van der Waals surface area contributed by atoms with E-state index < -0.39 is 11.4 Å². The monoisotopic (exact) mass is 335 g/mol. The predicted octanol–water partition coefficient (Wildman–Crippen LogP) is 1.81. The second kappa shape index (κ2) is 6.99. The summed E-state index contributed by atoms with van der Waals surface area (Å²) in [6.07, 6.45) is 0.593. The van der Waals surface area contributed by atoms with E-state index in [0.29, 0.717) is 39.3 Å². The highest BCUT2D eigenvalue weighted by Crippen LogP contribution is 2.42. The molecule has 0 unspecified atom stereocenters. The van der Waals surface area contributed by atoms with Crippen LogP contribution in [0.5, 0.6) is 11.5 Å². The van der Waals surface area contributed by atoms with Gasteiger partial charge in [-0.25, -0.2) is 0 Å². The molecule has 0 saturated carbocycles. The minimum atomic E-state index is -0.695. The summed E-state index contributed by atoms with van der Waals surface area (Å²) in [5, 5.41) is 9.68. The maximum Gasteiger partial charge on any atom is 0.311 e. The van der Waals surface area contributed by atoms with Gasteiger partial charge in [0.2, 0.25) is 0 Å². The molecular weight excluding hydrogens is 310 g/mol. The average molecular weight is 335 g/mol. The Bertz CT molecular complexity index is 605.